The van der Waals surface area contributed by atoms with E-state index in [1.54, 1.807) is 0 Å². The molecule has 1 N–H and O–H groups in total. The summed E-state index contributed by atoms with van der Waals surface area (Å²) in [6.07, 6.45) is 19.1. The molecule has 2 aromatic rings. The lowest BCUT2D eigenvalue weighted by atomic mass is 9.93. The van der Waals surface area contributed by atoms with Gasteiger partial charge in [0.2, 0.25) is 0 Å². The highest BCUT2D eigenvalue weighted by Gasteiger charge is 2.15. The van der Waals surface area contributed by atoms with Gasteiger partial charge in [-0.3, -0.25) is 4.79 Å². The van der Waals surface area contributed by atoms with Gasteiger partial charge >= 0.3 is 0 Å². The Balaban J connectivity index is 1.44. The molecule has 1 aromatic carbocycles. The molecule has 0 spiro atoms. The van der Waals surface area contributed by atoms with Crippen molar-refractivity contribution < 1.29 is 0 Å². The second-order valence-corrected chi connectivity index (χ2v) is 8.43. The van der Waals surface area contributed by atoms with E-state index in [9.17, 15) is 4.79 Å². The second-order valence-electron chi connectivity index (χ2n) is 8.43. The molecule has 1 aliphatic carbocycles. The first-order valence-electron chi connectivity index (χ1n) is 11.5. The van der Waals surface area contributed by atoms with Crippen LogP contribution in [-0.2, 0) is 19.3 Å². The first-order valence-corrected chi connectivity index (χ1v) is 11.5. The van der Waals surface area contributed by atoms with Crippen LogP contribution in [0.25, 0.3) is 10.9 Å². The number of nitrogens with one attached hydrogen (secondary N) is 1. The van der Waals surface area contributed by atoms with Crippen molar-refractivity contribution in [2.75, 3.05) is 0 Å². The van der Waals surface area contributed by atoms with E-state index in [1.165, 1.54) is 81.9 Å². The van der Waals surface area contributed by atoms with Gasteiger partial charge in [0.1, 0.15) is 0 Å². The largest absolute Gasteiger partial charge is 0.358 e. The van der Waals surface area contributed by atoms with E-state index in [1.807, 2.05) is 0 Å². The summed E-state index contributed by atoms with van der Waals surface area (Å²) in [6, 6.07) is 6.48. The van der Waals surface area contributed by atoms with Crippen LogP contribution in [0.1, 0.15) is 101 Å². The molecular formula is C25H37NO. The smallest absolute Gasteiger partial charge is 0.192 e. The molecule has 27 heavy (non-hydrogen) atoms. The van der Waals surface area contributed by atoms with Crippen molar-refractivity contribution in [2.24, 2.45) is 0 Å². The molecule has 0 amide bonds. The van der Waals surface area contributed by atoms with E-state index in [4.69, 9.17) is 0 Å². The number of rotatable bonds is 11. The molecule has 0 atom stereocenters. The van der Waals surface area contributed by atoms with Gasteiger partial charge in [-0.05, 0) is 56.2 Å². The molecular weight excluding hydrogens is 330 g/mol. The predicted molar refractivity (Wildman–Crippen MR) is 117 cm³/mol. The van der Waals surface area contributed by atoms with Crippen LogP contribution >= 0.6 is 0 Å². The third-order valence-electron chi connectivity index (χ3n) is 6.18. The molecule has 2 nitrogen and oxygen atoms in total. The van der Waals surface area contributed by atoms with Crippen LogP contribution in [0.15, 0.2) is 23.0 Å². The highest BCUT2D eigenvalue weighted by Crippen LogP contribution is 2.21. The maximum atomic E-state index is 12.8. The molecule has 1 aromatic heterocycles. The molecule has 0 unspecified atom stereocenters. The highest BCUT2D eigenvalue weighted by molar-refractivity contribution is 5.80. The van der Waals surface area contributed by atoms with Crippen LogP contribution in [0, 0.1) is 0 Å². The first kappa shape index (κ1) is 20.2. The van der Waals surface area contributed by atoms with Crippen molar-refractivity contribution in [2.45, 2.75) is 103 Å². The normalized spacial score (nSPS) is 13.8. The fraction of sp³-hybridized carbons (Fsp3) is 0.640. The average Bonchev–Trinajstić information content (AvgIpc) is 2.70. The number of hydrogen-bond acceptors (Lipinski definition) is 1. The number of H-pyrrole nitrogens is 1. The molecule has 3 rings (SSSR count). The summed E-state index contributed by atoms with van der Waals surface area (Å²) in [7, 11) is 0. The average molecular weight is 368 g/mol. The standard InChI is InChI=1S/C25H37NO/c1-2-3-4-5-6-7-8-9-10-11-14-20-17-18-24-22(19-20)25(27)21-15-12-13-16-23(21)26-24/h17-19H,2-16H2,1H3,(H,26,27). The lowest BCUT2D eigenvalue weighted by Crippen LogP contribution is -2.18. The predicted octanol–water partition coefficient (Wildman–Crippen LogP) is 6.87. The van der Waals surface area contributed by atoms with Gasteiger partial charge in [-0.2, -0.15) is 0 Å². The molecule has 148 valence electrons. The maximum absolute atomic E-state index is 12.8. The molecule has 0 aliphatic heterocycles. The van der Waals surface area contributed by atoms with E-state index in [-0.39, 0.29) is 5.43 Å². The topological polar surface area (TPSA) is 32.9 Å². The minimum Gasteiger partial charge on any atom is -0.358 e. The molecule has 0 fully saturated rings. The number of aromatic nitrogens is 1. The SMILES string of the molecule is CCCCCCCCCCCCc1ccc2[nH]c3c(c(=O)c2c1)CCCC3. The number of fused-ring (bicyclic) bond motifs is 2. The molecule has 2 heteroatoms. The van der Waals surface area contributed by atoms with Gasteiger partial charge in [0, 0.05) is 22.2 Å². The van der Waals surface area contributed by atoms with Gasteiger partial charge in [0.25, 0.3) is 0 Å². The Bertz CT molecular complexity index is 774. The number of aromatic amines is 1. The van der Waals surface area contributed by atoms with Gasteiger partial charge in [0.15, 0.2) is 5.43 Å². The Hall–Kier alpha value is -1.57. The van der Waals surface area contributed by atoms with Crippen molar-refractivity contribution in [1.29, 1.82) is 0 Å². The van der Waals surface area contributed by atoms with Crippen molar-refractivity contribution in [3.8, 4) is 0 Å². The molecule has 0 bridgehead atoms. The Morgan fingerprint density at radius 2 is 1.52 bits per heavy atom. The third kappa shape index (κ3) is 5.70. The van der Waals surface area contributed by atoms with Crippen LogP contribution in [0.4, 0.5) is 0 Å². The Labute approximate surface area is 164 Å². The fourth-order valence-electron chi connectivity index (χ4n) is 4.48. The van der Waals surface area contributed by atoms with Crippen LogP contribution in [-0.4, -0.2) is 4.98 Å². The van der Waals surface area contributed by atoms with E-state index in [2.05, 4.69) is 30.1 Å². The zero-order valence-electron chi connectivity index (χ0n) is 17.2. The summed E-state index contributed by atoms with van der Waals surface area (Å²) in [6.45, 7) is 2.28. The number of unbranched alkanes of at least 4 members (excludes halogenated alkanes) is 9. The van der Waals surface area contributed by atoms with E-state index < -0.39 is 0 Å². The zero-order valence-corrected chi connectivity index (χ0v) is 17.2. The second kappa shape index (κ2) is 10.7. The first-order chi connectivity index (χ1) is 13.3. The maximum Gasteiger partial charge on any atom is 0.192 e. The van der Waals surface area contributed by atoms with Crippen LogP contribution in [0.3, 0.4) is 0 Å². The molecule has 0 saturated carbocycles. The van der Waals surface area contributed by atoms with Gasteiger partial charge < -0.3 is 4.98 Å². The molecule has 1 aliphatic rings. The highest BCUT2D eigenvalue weighted by atomic mass is 16.1. The van der Waals surface area contributed by atoms with Crippen LogP contribution in [0.2, 0.25) is 0 Å². The fourth-order valence-corrected chi connectivity index (χ4v) is 4.48. The third-order valence-corrected chi connectivity index (χ3v) is 6.18. The van der Waals surface area contributed by atoms with Gasteiger partial charge in [-0.1, -0.05) is 70.8 Å². The van der Waals surface area contributed by atoms with Crippen molar-refractivity contribution >= 4 is 10.9 Å². The number of benzene rings is 1. The van der Waals surface area contributed by atoms with Crippen LogP contribution in [0.5, 0.6) is 0 Å². The Kier molecular flexibility index (Phi) is 7.98. The monoisotopic (exact) mass is 367 g/mol. The lowest BCUT2D eigenvalue weighted by molar-refractivity contribution is 0.556. The molecule has 0 radical (unpaired) electrons. The minimum absolute atomic E-state index is 0.281. The minimum atomic E-state index is 0.281. The number of hydrogen-bond donors (Lipinski definition) is 1. The van der Waals surface area contributed by atoms with Crippen molar-refractivity contribution in [1.82, 2.24) is 4.98 Å². The summed E-state index contributed by atoms with van der Waals surface area (Å²) in [5.74, 6) is 0. The zero-order chi connectivity index (χ0) is 18.9. The summed E-state index contributed by atoms with van der Waals surface area (Å²) < 4.78 is 0. The van der Waals surface area contributed by atoms with Crippen LogP contribution < -0.4 is 5.43 Å². The number of pyridine rings is 1. The Morgan fingerprint density at radius 1 is 0.852 bits per heavy atom. The summed E-state index contributed by atoms with van der Waals surface area (Å²) in [5, 5.41) is 0.903. The lowest BCUT2D eigenvalue weighted by Gasteiger charge is -2.16. The summed E-state index contributed by atoms with van der Waals surface area (Å²) >= 11 is 0. The van der Waals surface area contributed by atoms with E-state index in [0.29, 0.717) is 0 Å². The Morgan fingerprint density at radius 3 is 2.26 bits per heavy atom. The summed E-state index contributed by atoms with van der Waals surface area (Å²) in [5.41, 5.74) is 4.85. The van der Waals surface area contributed by atoms with E-state index >= 15 is 0 Å². The van der Waals surface area contributed by atoms with Gasteiger partial charge in [-0.25, -0.2) is 0 Å². The molecule has 1 heterocycles. The van der Waals surface area contributed by atoms with E-state index in [0.717, 1.165) is 42.1 Å². The van der Waals surface area contributed by atoms with Crippen molar-refractivity contribution in [3.63, 3.8) is 0 Å². The number of aryl methyl sites for hydroxylation is 2. The quantitative estimate of drug-likeness (QED) is 0.432. The van der Waals surface area contributed by atoms with Gasteiger partial charge in [-0.15, -0.1) is 0 Å². The summed E-state index contributed by atoms with van der Waals surface area (Å²) in [4.78, 5) is 16.4. The van der Waals surface area contributed by atoms with Gasteiger partial charge in [0.05, 0.1) is 0 Å². The van der Waals surface area contributed by atoms with Crippen molar-refractivity contribution in [3.05, 3.63) is 45.2 Å². The molecule has 0 saturated heterocycles.